The van der Waals surface area contributed by atoms with Crippen molar-refractivity contribution >= 4 is 97.6 Å². The molecule has 3 unspecified atom stereocenters. The minimum Gasteiger partial charge on any atom is -0.365 e. The maximum Gasteiger partial charge on any atom is 0.271 e. The van der Waals surface area contributed by atoms with E-state index in [9.17, 15) is 14.4 Å². The van der Waals surface area contributed by atoms with Gasteiger partial charge in [-0.05, 0) is 48.2 Å². The summed E-state index contributed by atoms with van der Waals surface area (Å²) < 4.78 is 0. The second-order valence-electron chi connectivity index (χ2n) is 16.0. The van der Waals surface area contributed by atoms with Crippen LogP contribution in [0.4, 0.5) is 22.7 Å². The van der Waals surface area contributed by atoms with Gasteiger partial charge in [0.05, 0.1) is 37.8 Å². The van der Waals surface area contributed by atoms with Gasteiger partial charge in [-0.25, -0.2) is 10.4 Å². The van der Waals surface area contributed by atoms with Gasteiger partial charge in [0, 0.05) is 22.7 Å². The van der Waals surface area contributed by atoms with Gasteiger partial charge in [-0.3, -0.25) is 19.3 Å². The van der Waals surface area contributed by atoms with Crippen LogP contribution in [0.2, 0.25) is 20.1 Å². The molecule has 2 heterocycles. The highest BCUT2D eigenvalue weighted by molar-refractivity contribution is 6.42. The highest BCUT2D eigenvalue weighted by Crippen LogP contribution is 2.40. The summed E-state index contributed by atoms with van der Waals surface area (Å²) in [7, 11) is 0. The van der Waals surface area contributed by atoms with Gasteiger partial charge in [-0.15, -0.1) is 0 Å². The number of unbranched alkanes of at least 4 members (excludes halogenated alkanes) is 15. The van der Waals surface area contributed by atoms with Crippen molar-refractivity contribution in [3.05, 3.63) is 92.9 Å². The Balaban J connectivity index is 1.05. The van der Waals surface area contributed by atoms with Crippen molar-refractivity contribution in [3.63, 3.8) is 0 Å². The summed E-state index contributed by atoms with van der Waals surface area (Å²) in [5.41, 5.74) is 4.69. The third-order valence-corrected chi connectivity index (χ3v) is 12.6. The molecule has 320 valence electrons. The Kier molecular flexibility index (Phi) is 17.5. The van der Waals surface area contributed by atoms with Crippen molar-refractivity contribution in [2.24, 2.45) is 16.1 Å². The zero-order valence-corrected chi connectivity index (χ0v) is 37.4. The largest absolute Gasteiger partial charge is 0.365 e. The maximum absolute atomic E-state index is 14.1. The van der Waals surface area contributed by atoms with Gasteiger partial charge in [-0.2, -0.15) is 10.2 Å². The minimum absolute atomic E-state index is 0.152. The molecule has 2 saturated heterocycles. The number of anilines is 3. The molecule has 6 rings (SSSR count). The number of benzene rings is 4. The molecule has 60 heavy (non-hydrogen) atoms. The molecule has 0 radical (unpaired) electrons. The van der Waals surface area contributed by atoms with Crippen LogP contribution in [0.5, 0.6) is 0 Å². The van der Waals surface area contributed by atoms with Gasteiger partial charge in [0.1, 0.15) is 6.17 Å². The number of imide groups is 1. The zero-order valence-electron chi connectivity index (χ0n) is 34.4. The zero-order chi connectivity index (χ0) is 42.4. The topological polar surface area (TPSA) is 106 Å². The average Bonchev–Trinajstić information content (AvgIpc) is 3.69. The highest BCUT2D eigenvalue weighted by Gasteiger charge is 2.44. The van der Waals surface area contributed by atoms with E-state index in [1.54, 1.807) is 18.2 Å². The fourth-order valence-electron chi connectivity index (χ4n) is 8.18. The van der Waals surface area contributed by atoms with Gasteiger partial charge in [0.2, 0.25) is 11.8 Å². The lowest BCUT2D eigenvalue weighted by Gasteiger charge is -2.22. The first-order valence-electron chi connectivity index (χ1n) is 21.7. The number of rotatable bonds is 23. The first-order chi connectivity index (χ1) is 29.2. The third-order valence-electron chi connectivity index (χ3n) is 11.5. The fraction of sp³-hybridized carbons (Fsp3) is 0.468. The molecule has 2 fully saturated rings. The summed E-state index contributed by atoms with van der Waals surface area (Å²) in [5.74, 6) is -1.30. The summed E-state index contributed by atoms with van der Waals surface area (Å²) in [4.78, 5) is 42.4. The van der Waals surface area contributed by atoms with Crippen LogP contribution in [0.3, 0.4) is 0 Å². The molecule has 4 aromatic carbocycles. The monoisotopic (exact) mass is 892 g/mol. The van der Waals surface area contributed by atoms with Gasteiger partial charge in [-0.1, -0.05) is 192 Å². The minimum atomic E-state index is -1.12. The Morgan fingerprint density at radius 3 is 1.93 bits per heavy atom. The van der Waals surface area contributed by atoms with E-state index < -0.39 is 18.1 Å². The number of hydrazine groups is 1. The first kappa shape index (κ1) is 45.8. The van der Waals surface area contributed by atoms with Gasteiger partial charge in [0.15, 0.2) is 6.04 Å². The molecular weight excluding hydrogens is 838 g/mol. The van der Waals surface area contributed by atoms with Gasteiger partial charge < -0.3 is 5.32 Å². The van der Waals surface area contributed by atoms with Crippen LogP contribution >= 0.6 is 46.4 Å². The lowest BCUT2D eigenvalue weighted by molar-refractivity contribution is -0.122. The summed E-state index contributed by atoms with van der Waals surface area (Å²) in [6.07, 6.45) is 20.5. The molecule has 4 aromatic rings. The SMILES string of the molecule is CCCCCCCCCCCCCCCCCCC1CC(=O)N(c2ccc(Cl)c(NC3NN(c4c(Cl)cc(Cl)cc4Cl)C(=O)C3N=Nc3cccc4ccccc34)c2)C1=O. The number of fused-ring (bicyclic) bond motifs is 1. The van der Waals surface area contributed by atoms with Crippen molar-refractivity contribution in [2.45, 2.75) is 135 Å². The maximum atomic E-state index is 14.1. The molecule has 3 amide bonds. The Morgan fingerprint density at radius 2 is 1.28 bits per heavy atom. The lowest BCUT2D eigenvalue weighted by Crippen LogP contribution is -2.42. The van der Waals surface area contributed by atoms with E-state index in [0.29, 0.717) is 33.5 Å². The number of nitrogens with one attached hydrogen (secondary N) is 2. The highest BCUT2D eigenvalue weighted by atomic mass is 35.5. The molecule has 2 aliphatic heterocycles. The Bertz CT molecular complexity index is 2100. The molecule has 0 bridgehead atoms. The number of nitrogens with zero attached hydrogens (tertiary/aromatic N) is 4. The van der Waals surface area contributed by atoms with Crippen molar-refractivity contribution in [1.82, 2.24) is 5.43 Å². The molecule has 0 spiro atoms. The molecular formula is C47H56Cl4N6O3. The normalized spacial score (nSPS) is 18.2. The van der Waals surface area contributed by atoms with E-state index in [1.165, 1.54) is 106 Å². The molecule has 0 aromatic heterocycles. The van der Waals surface area contributed by atoms with Crippen LogP contribution in [0.15, 0.2) is 83.0 Å². The molecule has 2 N–H and O–H groups in total. The summed E-state index contributed by atoms with van der Waals surface area (Å²) >= 11 is 26.0. The Hall–Kier alpha value is -3.73. The Morgan fingerprint density at radius 1 is 0.683 bits per heavy atom. The molecule has 0 saturated carbocycles. The van der Waals surface area contributed by atoms with E-state index >= 15 is 0 Å². The van der Waals surface area contributed by atoms with Crippen molar-refractivity contribution in [3.8, 4) is 0 Å². The number of halogens is 4. The Labute approximate surface area is 374 Å². The van der Waals surface area contributed by atoms with E-state index in [0.717, 1.165) is 30.0 Å². The first-order valence-corrected chi connectivity index (χ1v) is 23.2. The van der Waals surface area contributed by atoms with Crippen LogP contribution in [0.25, 0.3) is 10.8 Å². The van der Waals surface area contributed by atoms with E-state index in [-0.39, 0.29) is 39.9 Å². The van der Waals surface area contributed by atoms with E-state index in [2.05, 4.69) is 27.9 Å². The molecule has 9 nitrogen and oxygen atoms in total. The lowest BCUT2D eigenvalue weighted by atomic mass is 9.98. The number of hydrogen-bond acceptors (Lipinski definition) is 7. The smallest absolute Gasteiger partial charge is 0.271 e. The quantitative estimate of drug-likeness (QED) is 0.0438. The fourth-order valence-corrected chi connectivity index (χ4v) is 9.34. The van der Waals surface area contributed by atoms with Crippen molar-refractivity contribution < 1.29 is 14.4 Å². The molecule has 2 aliphatic rings. The average molecular weight is 895 g/mol. The van der Waals surface area contributed by atoms with Crippen LogP contribution in [0.1, 0.15) is 122 Å². The summed E-state index contributed by atoms with van der Waals surface area (Å²) in [5, 5.41) is 16.3. The number of amides is 3. The number of azo groups is 1. The molecule has 3 atom stereocenters. The predicted molar refractivity (Wildman–Crippen MR) is 248 cm³/mol. The number of carbonyl (C=O) groups is 3. The van der Waals surface area contributed by atoms with E-state index in [1.807, 2.05) is 42.5 Å². The van der Waals surface area contributed by atoms with Crippen LogP contribution in [-0.4, -0.2) is 29.9 Å². The standard InChI is InChI=1S/C47H56Cl4N6O3/c1-2-3-4-5-6-7-8-9-10-11-12-13-14-15-16-17-22-33-28-42(58)56(46(33)59)35-26-27-37(49)41(31-35)52-45-43(54-53-40-25-20-23-32-21-18-19-24-36(32)40)47(60)57(55-45)44-38(50)29-34(48)30-39(44)51/h18-21,23-27,29-31,33,43,45,52,55H,2-17,22,28H2,1H3. The second-order valence-corrected chi connectivity index (χ2v) is 17.7. The summed E-state index contributed by atoms with van der Waals surface area (Å²) in [6.45, 7) is 2.27. The molecule has 0 aliphatic carbocycles. The van der Waals surface area contributed by atoms with Crippen LogP contribution in [0, 0.1) is 5.92 Å². The summed E-state index contributed by atoms with van der Waals surface area (Å²) in [6, 6.07) is 20.2. The molecule has 13 heteroatoms. The van der Waals surface area contributed by atoms with Crippen molar-refractivity contribution in [2.75, 3.05) is 15.2 Å². The van der Waals surface area contributed by atoms with Gasteiger partial charge >= 0.3 is 0 Å². The number of hydrogen-bond donors (Lipinski definition) is 2. The van der Waals surface area contributed by atoms with E-state index in [4.69, 9.17) is 46.4 Å². The van der Waals surface area contributed by atoms with Crippen LogP contribution in [-0.2, 0) is 14.4 Å². The third kappa shape index (κ3) is 12.0. The van der Waals surface area contributed by atoms with Crippen LogP contribution < -0.4 is 20.7 Å². The number of carbonyl (C=O) groups excluding carboxylic acids is 3. The van der Waals surface area contributed by atoms with Gasteiger partial charge in [0.25, 0.3) is 5.91 Å². The van der Waals surface area contributed by atoms with Crippen molar-refractivity contribution in [1.29, 1.82) is 0 Å². The predicted octanol–water partition coefficient (Wildman–Crippen LogP) is 14.4. The second kappa shape index (κ2) is 22.9.